The van der Waals surface area contributed by atoms with Gasteiger partial charge in [0.1, 0.15) is 0 Å². The van der Waals surface area contributed by atoms with E-state index < -0.39 is 0 Å². The summed E-state index contributed by atoms with van der Waals surface area (Å²) in [6.07, 6.45) is 0. The van der Waals surface area contributed by atoms with E-state index >= 15 is 0 Å². The fraction of sp³-hybridized carbons (Fsp3) is 0. The molecule has 2 aromatic heterocycles. The average Bonchev–Trinajstić information content (AvgIpc) is 2.83. The first kappa shape index (κ1) is 10.7. The predicted octanol–water partition coefficient (Wildman–Crippen LogP) is 1.21. The number of aromatic nitrogens is 4. The normalized spacial score (nSPS) is 10.9. The summed E-state index contributed by atoms with van der Waals surface area (Å²) in [5.41, 5.74) is 6.05. The van der Waals surface area contributed by atoms with Gasteiger partial charge in [-0.3, -0.25) is 4.79 Å². The Bertz CT molecular complexity index is 781. The van der Waals surface area contributed by atoms with Crippen LogP contribution in [0.1, 0.15) is 0 Å². The minimum absolute atomic E-state index is 0.214. The summed E-state index contributed by atoms with van der Waals surface area (Å²) < 4.78 is 5.52. The molecule has 0 radical (unpaired) electrons. The summed E-state index contributed by atoms with van der Waals surface area (Å²) in [6.45, 7) is 0. The van der Waals surface area contributed by atoms with Gasteiger partial charge in [-0.15, -0.1) is 5.10 Å². The van der Waals surface area contributed by atoms with Crippen LogP contribution in [0.25, 0.3) is 22.6 Å². The van der Waals surface area contributed by atoms with Gasteiger partial charge in [-0.05, 0) is 22.6 Å². The number of rotatable bonds is 1. The molecule has 0 saturated heterocycles. The maximum atomic E-state index is 11.9. The molecule has 0 aliphatic carbocycles. The number of anilines is 1. The van der Waals surface area contributed by atoms with Crippen LogP contribution >= 0.6 is 11.6 Å². The first-order valence-corrected chi connectivity index (χ1v) is 5.30. The fourth-order valence-corrected chi connectivity index (χ4v) is 1.85. The van der Waals surface area contributed by atoms with E-state index in [9.17, 15) is 4.79 Å². The van der Waals surface area contributed by atoms with Crippen LogP contribution in [0.2, 0.25) is 5.02 Å². The Labute approximate surface area is 105 Å². The maximum Gasteiger partial charge on any atom is 0.215 e. The highest BCUT2D eigenvalue weighted by atomic mass is 35.5. The molecule has 0 saturated carbocycles. The van der Waals surface area contributed by atoms with E-state index in [1.807, 2.05) is 0 Å². The number of fused-ring (bicyclic) bond motifs is 1. The highest BCUT2D eigenvalue weighted by Crippen LogP contribution is 2.26. The van der Waals surface area contributed by atoms with Gasteiger partial charge in [0, 0.05) is 11.1 Å². The van der Waals surface area contributed by atoms with Crippen molar-refractivity contribution in [2.24, 2.45) is 0 Å². The first-order valence-electron chi connectivity index (χ1n) is 4.92. The minimum atomic E-state index is -0.267. The van der Waals surface area contributed by atoms with E-state index in [0.717, 1.165) is 0 Å². The Morgan fingerprint density at radius 1 is 1.33 bits per heavy atom. The highest BCUT2D eigenvalue weighted by molar-refractivity contribution is 6.31. The van der Waals surface area contributed by atoms with Crippen LogP contribution in [0.15, 0.2) is 27.4 Å². The van der Waals surface area contributed by atoms with E-state index in [1.165, 1.54) is 18.2 Å². The summed E-state index contributed by atoms with van der Waals surface area (Å²) in [5.74, 6) is 0.467. The largest absolute Gasteiger partial charge is 0.450 e. The second-order valence-corrected chi connectivity index (χ2v) is 4.03. The van der Waals surface area contributed by atoms with Crippen LogP contribution in [0.5, 0.6) is 0 Å². The second kappa shape index (κ2) is 3.81. The van der Waals surface area contributed by atoms with Gasteiger partial charge in [-0.25, -0.2) is 5.10 Å². The van der Waals surface area contributed by atoms with Crippen LogP contribution in [0.3, 0.4) is 0 Å². The lowest BCUT2D eigenvalue weighted by Gasteiger charge is -2.03. The Morgan fingerprint density at radius 2 is 2.17 bits per heavy atom. The van der Waals surface area contributed by atoms with Crippen molar-refractivity contribution in [3.8, 4) is 11.6 Å². The van der Waals surface area contributed by atoms with Crippen molar-refractivity contribution in [3.63, 3.8) is 0 Å². The molecular weight excluding hydrogens is 258 g/mol. The molecule has 1 aromatic carbocycles. The molecular formula is C10H6ClN5O2. The number of nitrogens with zero attached hydrogens (tertiary/aromatic N) is 3. The van der Waals surface area contributed by atoms with Gasteiger partial charge in [0.2, 0.25) is 5.82 Å². The van der Waals surface area contributed by atoms with Crippen molar-refractivity contribution in [2.75, 3.05) is 5.73 Å². The monoisotopic (exact) mass is 263 g/mol. The fourth-order valence-electron chi connectivity index (χ4n) is 1.63. The molecule has 0 amide bonds. The molecule has 0 bridgehead atoms. The van der Waals surface area contributed by atoms with Crippen molar-refractivity contribution >= 4 is 28.3 Å². The lowest BCUT2D eigenvalue weighted by atomic mass is 10.2. The third-order valence-electron chi connectivity index (χ3n) is 2.40. The third kappa shape index (κ3) is 1.61. The van der Waals surface area contributed by atoms with Crippen LogP contribution in [0.4, 0.5) is 5.69 Å². The van der Waals surface area contributed by atoms with Crippen LogP contribution in [-0.2, 0) is 0 Å². The number of hydrogen-bond donors (Lipinski definition) is 2. The molecule has 7 nitrogen and oxygen atoms in total. The summed E-state index contributed by atoms with van der Waals surface area (Å²) in [4.78, 5) is 11.9. The zero-order valence-electron chi connectivity index (χ0n) is 8.85. The molecule has 0 aliphatic heterocycles. The lowest BCUT2D eigenvalue weighted by molar-refractivity contribution is 0.614. The minimum Gasteiger partial charge on any atom is -0.450 e. The number of tetrazole rings is 1. The van der Waals surface area contributed by atoms with Gasteiger partial charge in [0.15, 0.2) is 16.8 Å². The number of halogens is 1. The van der Waals surface area contributed by atoms with Crippen LogP contribution < -0.4 is 11.2 Å². The topological polar surface area (TPSA) is 111 Å². The van der Waals surface area contributed by atoms with Gasteiger partial charge in [0.25, 0.3) is 0 Å². The van der Waals surface area contributed by atoms with E-state index in [-0.39, 0.29) is 28.3 Å². The van der Waals surface area contributed by atoms with Crippen molar-refractivity contribution < 1.29 is 4.42 Å². The lowest BCUT2D eigenvalue weighted by Crippen LogP contribution is -2.02. The van der Waals surface area contributed by atoms with E-state index in [0.29, 0.717) is 10.4 Å². The highest BCUT2D eigenvalue weighted by Gasteiger charge is 2.12. The molecule has 0 unspecified atom stereocenters. The van der Waals surface area contributed by atoms with Crippen molar-refractivity contribution in [1.82, 2.24) is 20.6 Å². The number of aromatic amines is 1. The zero-order valence-corrected chi connectivity index (χ0v) is 9.60. The van der Waals surface area contributed by atoms with Crippen molar-refractivity contribution in [3.05, 3.63) is 33.4 Å². The Morgan fingerprint density at radius 3 is 2.89 bits per heavy atom. The summed E-state index contributed by atoms with van der Waals surface area (Å²) >= 11 is 5.84. The van der Waals surface area contributed by atoms with Gasteiger partial charge in [-0.2, -0.15) is 0 Å². The third-order valence-corrected chi connectivity index (χ3v) is 2.62. The number of hydrogen-bond acceptors (Lipinski definition) is 6. The standard InChI is InChI=1S/C10H6ClN5O2/c11-4-1-5-7(17)3-8(10-13-15-16-14-10)18-9(5)6(12)2-4/h1-3H,12H2,(H,13,14,15,16). The van der Waals surface area contributed by atoms with Gasteiger partial charge >= 0.3 is 0 Å². The molecule has 18 heavy (non-hydrogen) atoms. The molecule has 0 spiro atoms. The van der Waals surface area contributed by atoms with Crippen LogP contribution in [0, 0.1) is 0 Å². The average molecular weight is 264 g/mol. The van der Waals surface area contributed by atoms with Gasteiger partial charge < -0.3 is 10.2 Å². The predicted molar refractivity (Wildman–Crippen MR) is 65.1 cm³/mol. The Balaban J connectivity index is 2.38. The first-order chi connectivity index (χ1) is 8.65. The van der Waals surface area contributed by atoms with Crippen LogP contribution in [-0.4, -0.2) is 20.6 Å². The molecule has 0 fully saturated rings. The number of nitrogen functional groups attached to an aromatic ring is 1. The molecule has 3 aromatic rings. The smallest absolute Gasteiger partial charge is 0.215 e. The summed E-state index contributed by atoms with van der Waals surface area (Å²) in [6, 6.07) is 4.29. The molecule has 90 valence electrons. The summed E-state index contributed by atoms with van der Waals surface area (Å²) in [7, 11) is 0. The summed E-state index contributed by atoms with van der Waals surface area (Å²) in [5, 5.41) is 13.7. The van der Waals surface area contributed by atoms with E-state index in [1.54, 1.807) is 0 Å². The van der Waals surface area contributed by atoms with E-state index in [4.69, 9.17) is 21.8 Å². The van der Waals surface area contributed by atoms with Gasteiger partial charge in [0.05, 0.1) is 11.1 Å². The number of nitrogens with two attached hydrogens (primary N) is 1. The molecule has 0 aliphatic rings. The SMILES string of the molecule is Nc1cc(Cl)cc2c(=O)cc(-c3nnn[nH]3)oc12. The number of H-pyrrole nitrogens is 1. The van der Waals surface area contributed by atoms with E-state index in [2.05, 4.69) is 20.6 Å². The molecule has 0 atom stereocenters. The van der Waals surface area contributed by atoms with Crippen molar-refractivity contribution in [2.45, 2.75) is 0 Å². The molecule has 8 heteroatoms. The quantitative estimate of drug-likeness (QED) is 0.638. The maximum absolute atomic E-state index is 11.9. The number of nitrogens with one attached hydrogen (secondary N) is 1. The molecule has 2 heterocycles. The van der Waals surface area contributed by atoms with Crippen molar-refractivity contribution in [1.29, 1.82) is 0 Å². The molecule has 3 rings (SSSR count). The Kier molecular flexibility index (Phi) is 2.27. The van der Waals surface area contributed by atoms with Gasteiger partial charge in [-0.1, -0.05) is 11.6 Å². The zero-order chi connectivity index (χ0) is 12.7. The number of benzene rings is 1. The second-order valence-electron chi connectivity index (χ2n) is 3.60. The molecule has 3 N–H and O–H groups in total. The Hall–Kier alpha value is -2.41.